The van der Waals surface area contributed by atoms with Crippen LogP contribution in [-0.2, 0) is 4.74 Å². The number of hydrogen-bond acceptors (Lipinski definition) is 2. The maximum absolute atomic E-state index is 6.58. The molecule has 16 heavy (non-hydrogen) atoms. The molecule has 3 atom stereocenters. The van der Waals surface area contributed by atoms with Crippen LogP contribution in [-0.4, -0.2) is 18.2 Å². The molecule has 2 aliphatic rings. The molecule has 1 aliphatic carbocycles. The summed E-state index contributed by atoms with van der Waals surface area (Å²) in [4.78, 5) is 0. The molecule has 2 rings (SSSR count). The van der Waals surface area contributed by atoms with E-state index in [1.54, 1.807) is 0 Å². The lowest BCUT2D eigenvalue weighted by Gasteiger charge is -2.30. The van der Waals surface area contributed by atoms with Crippen LogP contribution in [0.1, 0.15) is 64.7 Å². The molecule has 0 spiro atoms. The lowest BCUT2D eigenvalue weighted by atomic mass is 9.84. The lowest BCUT2D eigenvalue weighted by molar-refractivity contribution is 0.0793. The van der Waals surface area contributed by atoms with Crippen molar-refractivity contribution in [2.75, 3.05) is 6.61 Å². The minimum Gasteiger partial charge on any atom is -0.378 e. The van der Waals surface area contributed by atoms with Crippen LogP contribution in [0.3, 0.4) is 0 Å². The minimum atomic E-state index is 0.0823. The predicted octanol–water partition coefficient (Wildman–Crippen LogP) is 3.24. The van der Waals surface area contributed by atoms with Crippen molar-refractivity contribution in [1.29, 1.82) is 0 Å². The molecule has 0 radical (unpaired) electrons. The highest BCUT2D eigenvalue weighted by Crippen LogP contribution is 2.34. The standard InChI is InChI=1S/C14H27NO/c1-2-12-5-3-8-14(15,9-7-12)11-13-6-4-10-16-13/h12-13H,2-11,15H2,1H3. The number of ether oxygens (including phenoxy) is 1. The first-order chi connectivity index (χ1) is 7.72. The third kappa shape index (κ3) is 3.21. The van der Waals surface area contributed by atoms with Crippen molar-refractivity contribution in [3.8, 4) is 0 Å². The van der Waals surface area contributed by atoms with Gasteiger partial charge in [-0.15, -0.1) is 0 Å². The first kappa shape index (κ1) is 12.4. The molecular weight excluding hydrogens is 198 g/mol. The molecule has 1 aliphatic heterocycles. The third-order valence-electron chi connectivity index (χ3n) is 4.57. The Morgan fingerprint density at radius 3 is 2.75 bits per heavy atom. The van der Waals surface area contributed by atoms with Gasteiger partial charge >= 0.3 is 0 Å². The van der Waals surface area contributed by atoms with Gasteiger partial charge in [0.25, 0.3) is 0 Å². The van der Waals surface area contributed by atoms with Crippen LogP contribution >= 0.6 is 0 Å². The van der Waals surface area contributed by atoms with E-state index >= 15 is 0 Å². The Kier molecular flexibility index (Phi) is 4.26. The van der Waals surface area contributed by atoms with Gasteiger partial charge in [0.05, 0.1) is 6.10 Å². The number of hydrogen-bond donors (Lipinski definition) is 1. The van der Waals surface area contributed by atoms with Crippen LogP contribution in [0.25, 0.3) is 0 Å². The Labute approximate surface area is 99.9 Å². The summed E-state index contributed by atoms with van der Waals surface area (Å²) in [5.74, 6) is 0.926. The smallest absolute Gasteiger partial charge is 0.0593 e. The van der Waals surface area contributed by atoms with E-state index in [1.165, 1.54) is 51.4 Å². The fourth-order valence-corrected chi connectivity index (χ4v) is 3.37. The summed E-state index contributed by atoms with van der Waals surface area (Å²) in [5.41, 5.74) is 6.66. The van der Waals surface area contributed by atoms with E-state index in [4.69, 9.17) is 10.5 Å². The van der Waals surface area contributed by atoms with Gasteiger partial charge in [0, 0.05) is 12.1 Å². The molecule has 0 aromatic heterocycles. The molecule has 0 bridgehead atoms. The predicted molar refractivity (Wildman–Crippen MR) is 67.4 cm³/mol. The van der Waals surface area contributed by atoms with Crippen molar-refractivity contribution >= 4 is 0 Å². The average molecular weight is 225 g/mol. The van der Waals surface area contributed by atoms with Crippen LogP contribution in [0.15, 0.2) is 0 Å². The zero-order chi connectivity index (χ0) is 11.4. The highest BCUT2D eigenvalue weighted by atomic mass is 16.5. The van der Waals surface area contributed by atoms with E-state index in [-0.39, 0.29) is 5.54 Å². The first-order valence-electron chi connectivity index (χ1n) is 7.12. The van der Waals surface area contributed by atoms with Gasteiger partial charge in [-0.25, -0.2) is 0 Å². The van der Waals surface area contributed by atoms with Gasteiger partial charge in [-0.3, -0.25) is 0 Å². The van der Waals surface area contributed by atoms with Crippen LogP contribution in [0.4, 0.5) is 0 Å². The van der Waals surface area contributed by atoms with Gasteiger partial charge in [-0.2, -0.15) is 0 Å². The van der Waals surface area contributed by atoms with E-state index in [9.17, 15) is 0 Å². The fraction of sp³-hybridized carbons (Fsp3) is 1.00. The molecule has 1 heterocycles. The summed E-state index contributed by atoms with van der Waals surface area (Å²) in [5, 5.41) is 0. The zero-order valence-electron chi connectivity index (χ0n) is 10.7. The molecule has 1 saturated carbocycles. The Morgan fingerprint density at radius 2 is 2.06 bits per heavy atom. The molecule has 0 amide bonds. The molecule has 3 unspecified atom stereocenters. The quantitative estimate of drug-likeness (QED) is 0.748. The second-order valence-electron chi connectivity index (χ2n) is 5.91. The second kappa shape index (κ2) is 5.50. The van der Waals surface area contributed by atoms with E-state index in [1.807, 2.05) is 0 Å². The fourth-order valence-electron chi connectivity index (χ4n) is 3.37. The third-order valence-corrected chi connectivity index (χ3v) is 4.57. The van der Waals surface area contributed by atoms with Crippen molar-refractivity contribution in [2.24, 2.45) is 11.7 Å². The Morgan fingerprint density at radius 1 is 1.19 bits per heavy atom. The number of rotatable bonds is 3. The highest BCUT2D eigenvalue weighted by Gasteiger charge is 2.32. The summed E-state index contributed by atoms with van der Waals surface area (Å²) in [6, 6.07) is 0. The van der Waals surface area contributed by atoms with Crippen molar-refractivity contribution in [3.63, 3.8) is 0 Å². The molecule has 2 N–H and O–H groups in total. The van der Waals surface area contributed by atoms with Crippen molar-refractivity contribution in [3.05, 3.63) is 0 Å². The lowest BCUT2D eigenvalue weighted by Crippen LogP contribution is -2.42. The molecule has 94 valence electrons. The van der Waals surface area contributed by atoms with Crippen molar-refractivity contribution in [2.45, 2.75) is 76.4 Å². The van der Waals surface area contributed by atoms with Crippen LogP contribution in [0.5, 0.6) is 0 Å². The normalized spacial score (nSPS) is 40.9. The summed E-state index contributed by atoms with van der Waals surface area (Å²) < 4.78 is 5.73. The topological polar surface area (TPSA) is 35.2 Å². The Bertz CT molecular complexity index is 213. The summed E-state index contributed by atoms with van der Waals surface area (Å²) in [6.45, 7) is 3.27. The minimum absolute atomic E-state index is 0.0823. The second-order valence-corrected chi connectivity index (χ2v) is 5.91. The first-order valence-corrected chi connectivity index (χ1v) is 7.12. The van der Waals surface area contributed by atoms with Crippen molar-refractivity contribution in [1.82, 2.24) is 0 Å². The zero-order valence-corrected chi connectivity index (χ0v) is 10.7. The van der Waals surface area contributed by atoms with Crippen molar-refractivity contribution < 1.29 is 4.74 Å². The molecule has 0 aromatic carbocycles. The van der Waals surface area contributed by atoms with Gasteiger partial charge in [0.2, 0.25) is 0 Å². The van der Waals surface area contributed by atoms with E-state index in [2.05, 4.69) is 6.92 Å². The van der Waals surface area contributed by atoms with Gasteiger partial charge in [0.15, 0.2) is 0 Å². The number of nitrogens with two attached hydrogens (primary N) is 1. The van der Waals surface area contributed by atoms with E-state index in [0.29, 0.717) is 6.10 Å². The van der Waals surface area contributed by atoms with Gasteiger partial charge in [0.1, 0.15) is 0 Å². The maximum atomic E-state index is 6.58. The molecule has 2 fully saturated rings. The van der Waals surface area contributed by atoms with Crippen LogP contribution in [0.2, 0.25) is 0 Å². The van der Waals surface area contributed by atoms with E-state index < -0.39 is 0 Å². The summed E-state index contributed by atoms with van der Waals surface area (Å²) >= 11 is 0. The monoisotopic (exact) mass is 225 g/mol. The molecule has 2 heteroatoms. The Balaban J connectivity index is 1.85. The van der Waals surface area contributed by atoms with Crippen LogP contribution in [0, 0.1) is 5.92 Å². The Hall–Kier alpha value is -0.0800. The average Bonchev–Trinajstić information content (AvgIpc) is 2.68. The molecule has 2 nitrogen and oxygen atoms in total. The van der Waals surface area contributed by atoms with Gasteiger partial charge < -0.3 is 10.5 Å². The summed E-state index contributed by atoms with van der Waals surface area (Å²) in [7, 11) is 0. The van der Waals surface area contributed by atoms with Crippen LogP contribution < -0.4 is 5.73 Å². The maximum Gasteiger partial charge on any atom is 0.0593 e. The molecular formula is C14H27NO. The SMILES string of the molecule is CCC1CCCC(N)(CC2CCCO2)CC1. The molecule has 0 aromatic rings. The van der Waals surface area contributed by atoms with Gasteiger partial charge in [-0.1, -0.05) is 26.2 Å². The largest absolute Gasteiger partial charge is 0.378 e. The van der Waals surface area contributed by atoms with Gasteiger partial charge in [-0.05, 0) is 44.4 Å². The summed E-state index contributed by atoms with van der Waals surface area (Å²) in [6.07, 6.45) is 11.8. The highest BCUT2D eigenvalue weighted by molar-refractivity contribution is 4.90. The van der Waals surface area contributed by atoms with E-state index in [0.717, 1.165) is 18.9 Å². The molecule has 1 saturated heterocycles.